The first-order chi connectivity index (χ1) is 26.8. The summed E-state index contributed by atoms with van der Waals surface area (Å²) in [6.45, 7) is 5.48. The molecule has 1 saturated heterocycles. The van der Waals surface area contributed by atoms with E-state index < -0.39 is 96.1 Å². The van der Waals surface area contributed by atoms with Crippen LogP contribution in [0.1, 0.15) is 85.0 Å². The van der Waals surface area contributed by atoms with Crippen molar-refractivity contribution in [3.63, 3.8) is 0 Å². The Hall–Kier alpha value is -4.70. The molecular formula is C35H63N11O10S. The molecule has 0 aromatic heterocycles. The predicted octanol–water partition coefficient (Wildman–Crippen LogP) is -2.71. The lowest BCUT2D eigenvalue weighted by molar-refractivity contribution is -0.145. The van der Waals surface area contributed by atoms with Gasteiger partial charge < -0.3 is 64.6 Å². The van der Waals surface area contributed by atoms with Gasteiger partial charge in [-0.15, -0.1) is 0 Å². The van der Waals surface area contributed by atoms with Gasteiger partial charge in [0.05, 0.1) is 12.5 Å². The maximum absolute atomic E-state index is 14.1. The third-order valence-corrected chi connectivity index (χ3v) is 9.61. The van der Waals surface area contributed by atoms with E-state index in [0.29, 0.717) is 25.0 Å². The summed E-state index contributed by atoms with van der Waals surface area (Å²) in [5.41, 5.74) is 22.2. The molecule has 21 nitrogen and oxygen atoms in total. The van der Waals surface area contributed by atoms with Crippen LogP contribution in [-0.2, 0) is 38.4 Å². The maximum atomic E-state index is 14.1. The van der Waals surface area contributed by atoms with Gasteiger partial charge in [-0.25, -0.2) is 4.79 Å². The van der Waals surface area contributed by atoms with Crippen molar-refractivity contribution in [1.29, 1.82) is 0 Å². The SMILES string of the molecule is CSCC[C@H](NC(=O)[C@@H]1CCCN1C(=O)[C@H](CCCN=C(N)N)NC(=O)[C@H](CCCCN)NC(=O)[C@H](CC(C)C)NC(=O)[C@H](CC(=O)O)NC(=O)[C@H](C)N)C(=O)O. The molecule has 0 radical (unpaired) electrons. The van der Waals surface area contributed by atoms with E-state index in [0.717, 1.165) is 0 Å². The Morgan fingerprint density at radius 2 is 1.35 bits per heavy atom. The third kappa shape index (κ3) is 18.9. The number of carboxylic acid groups (broad SMARTS) is 2. The van der Waals surface area contributed by atoms with E-state index in [4.69, 9.17) is 22.9 Å². The van der Waals surface area contributed by atoms with Gasteiger partial charge in [-0.3, -0.25) is 38.6 Å². The molecule has 324 valence electrons. The summed E-state index contributed by atoms with van der Waals surface area (Å²) >= 11 is 1.42. The van der Waals surface area contributed by atoms with Gasteiger partial charge in [0.15, 0.2) is 5.96 Å². The molecule has 0 aromatic carbocycles. The zero-order valence-electron chi connectivity index (χ0n) is 33.3. The van der Waals surface area contributed by atoms with E-state index in [1.165, 1.54) is 23.6 Å². The third-order valence-electron chi connectivity index (χ3n) is 8.97. The first-order valence-electron chi connectivity index (χ1n) is 19.1. The van der Waals surface area contributed by atoms with Crippen LogP contribution in [-0.4, -0.2) is 142 Å². The molecule has 15 N–H and O–H groups in total. The molecule has 1 aliphatic heterocycles. The van der Waals surface area contributed by atoms with Crippen molar-refractivity contribution >= 4 is 65.1 Å². The van der Waals surface area contributed by atoms with Crippen molar-refractivity contribution in [3.8, 4) is 0 Å². The smallest absolute Gasteiger partial charge is 0.326 e. The average molecular weight is 830 g/mol. The second-order valence-electron chi connectivity index (χ2n) is 14.4. The van der Waals surface area contributed by atoms with Crippen molar-refractivity contribution in [2.75, 3.05) is 31.6 Å². The Bertz CT molecular complexity index is 1410. The number of amides is 6. The number of likely N-dealkylation sites (tertiary alicyclic amines) is 1. The molecule has 57 heavy (non-hydrogen) atoms. The van der Waals surface area contributed by atoms with Gasteiger partial charge in [0, 0.05) is 13.1 Å². The number of nitrogens with one attached hydrogen (secondary N) is 5. The second kappa shape index (κ2) is 26.3. The quantitative estimate of drug-likeness (QED) is 0.0228. The number of thioether (sulfide) groups is 1. The van der Waals surface area contributed by atoms with Gasteiger partial charge in [-0.05, 0) is 89.2 Å². The zero-order valence-corrected chi connectivity index (χ0v) is 34.1. The Labute approximate surface area is 337 Å². The number of carbonyl (C=O) groups excluding carboxylic acids is 6. The first-order valence-corrected chi connectivity index (χ1v) is 20.5. The summed E-state index contributed by atoms with van der Waals surface area (Å²) in [6, 6.07) is -8.47. The second-order valence-corrected chi connectivity index (χ2v) is 15.4. The van der Waals surface area contributed by atoms with E-state index in [2.05, 4.69) is 31.6 Å². The van der Waals surface area contributed by atoms with E-state index in [-0.39, 0.29) is 70.0 Å². The van der Waals surface area contributed by atoms with Gasteiger partial charge in [0.25, 0.3) is 0 Å². The largest absolute Gasteiger partial charge is 0.481 e. The Balaban J connectivity index is 3.39. The van der Waals surface area contributed by atoms with Crippen molar-refractivity contribution in [2.45, 2.75) is 127 Å². The number of hydrogen-bond donors (Lipinski definition) is 11. The molecule has 1 fully saturated rings. The van der Waals surface area contributed by atoms with Gasteiger partial charge in [-0.1, -0.05) is 13.8 Å². The van der Waals surface area contributed by atoms with Crippen LogP contribution in [0.15, 0.2) is 4.99 Å². The number of hydrogen-bond acceptors (Lipinski definition) is 12. The monoisotopic (exact) mass is 829 g/mol. The fourth-order valence-electron chi connectivity index (χ4n) is 5.99. The van der Waals surface area contributed by atoms with Gasteiger partial charge in [-0.2, -0.15) is 11.8 Å². The number of carbonyl (C=O) groups is 8. The standard InChI is InChI=1S/C35H63N11O10S/c1-19(2)17-24(45-31(52)25(18-27(47)48)44-28(49)20(3)37)30(51)41-21(9-5-6-13-36)29(50)42-22(10-7-14-40-35(38)39)33(54)46-15-8-11-26(46)32(53)43-23(34(55)56)12-16-57-4/h19-26H,5-18,36-37H2,1-4H3,(H,41,51)(H,42,50)(H,43,53)(H,44,49)(H,45,52)(H,47,48)(H,55,56)(H4,38,39,40)/t20-,21-,22-,23-,24-,25-,26-/m0/s1. The van der Waals surface area contributed by atoms with Crippen LogP contribution in [0.4, 0.5) is 0 Å². The summed E-state index contributed by atoms with van der Waals surface area (Å²) in [5, 5.41) is 31.7. The lowest BCUT2D eigenvalue weighted by atomic mass is 10.0. The molecule has 1 heterocycles. The number of guanidine groups is 1. The Kier molecular flexibility index (Phi) is 23.2. The highest BCUT2D eigenvalue weighted by Gasteiger charge is 2.40. The molecule has 0 aromatic rings. The van der Waals surface area contributed by atoms with Crippen LogP contribution in [0.3, 0.4) is 0 Å². The lowest BCUT2D eigenvalue weighted by Crippen LogP contribution is -2.60. The normalized spacial score (nSPS) is 16.9. The van der Waals surface area contributed by atoms with Gasteiger partial charge in [0.2, 0.25) is 35.4 Å². The van der Waals surface area contributed by atoms with Crippen LogP contribution in [0.25, 0.3) is 0 Å². The molecule has 0 saturated carbocycles. The van der Waals surface area contributed by atoms with E-state index >= 15 is 0 Å². The number of aliphatic carboxylic acids is 2. The topological polar surface area (TPSA) is 357 Å². The van der Waals surface area contributed by atoms with Gasteiger partial charge >= 0.3 is 11.9 Å². The molecule has 7 atom stereocenters. The minimum atomic E-state index is -1.56. The summed E-state index contributed by atoms with van der Waals surface area (Å²) < 4.78 is 0. The minimum Gasteiger partial charge on any atom is -0.481 e. The van der Waals surface area contributed by atoms with Crippen LogP contribution < -0.4 is 49.5 Å². The molecule has 6 amide bonds. The van der Waals surface area contributed by atoms with Crippen LogP contribution in [0, 0.1) is 5.92 Å². The summed E-state index contributed by atoms with van der Waals surface area (Å²) in [4.78, 5) is 109. The highest BCUT2D eigenvalue weighted by Crippen LogP contribution is 2.21. The first kappa shape index (κ1) is 50.3. The van der Waals surface area contributed by atoms with E-state index in [9.17, 15) is 48.6 Å². The minimum absolute atomic E-state index is 0.0330. The zero-order chi connectivity index (χ0) is 43.2. The van der Waals surface area contributed by atoms with Crippen LogP contribution >= 0.6 is 11.8 Å². The fourth-order valence-corrected chi connectivity index (χ4v) is 6.47. The number of aliphatic imine (C=N–C) groups is 1. The fraction of sp³-hybridized carbons (Fsp3) is 0.743. The molecule has 1 aliphatic rings. The molecule has 0 bridgehead atoms. The molecular weight excluding hydrogens is 767 g/mol. The predicted molar refractivity (Wildman–Crippen MR) is 213 cm³/mol. The van der Waals surface area contributed by atoms with E-state index in [1.54, 1.807) is 13.8 Å². The molecule has 0 spiro atoms. The van der Waals surface area contributed by atoms with Gasteiger partial charge in [0.1, 0.15) is 36.3 Å². The van der Waals surface area contributed by atoms with Crippen LogP contribution in [0.5, 0.6) is 0 Å². The highest BCUT2D eigenvalue weighted by molar-refractivity contribution is 7.98. The number of carboxylic acids is 2. The summed E-state index contributed by atoms with van der Waals surface area (Å²) in [5.74, 6) is -6.94. The number of unbranched alkanes of at least 4 members (excludes halogenated alkanes) is 1. The summed E-state index contributed by atoms with van der Waals surface area (Å²) in [7, 11) is 0. The Morgan fingerprint density at radius 3 is 1.91 bits per heavy atom. The maximum Gasteiger partial charge on any atom is 0.326 e. The highest BCUT2D eigenvalue weighted by atomic mass is 32.2. The molecule has 1 rings (SSSR count). The molecule has 0 unspecified atom stereocenters. The van der Waals surface area contributed by atoms with Crippen molar-refractivity contribution in [3.05, 3.63) is 0 Å². The summed E-state index contributed by atoms with van der Waals surface area (Å²) in [6.07, 6.45) is 3.21. The number of nitrogens with zero attached hydrogens (tertiary/aromatic N) is 2. The van der Waals surface area contributed by atoms with Crippen molar-refractivity contribution < 1.29 is 48.6 Å². The lowest BCUT2D eigenvalue weighted by Gasteiger charge is -2.31. The Morgan fingerprint density at radius 1 is 0.772 bits per heavy atom. The van der Waals surface area contributed by atoms with Crippen molar-refractivity contribution in [1.82, 2.24) is 31.5 Å². The van der Waals surface area contributed by atoms with Crippen LogP contribution in [0.2, 0.25) is 0 Å². The van der Waals surface area contributed by atoms with Crippen molar-refractivity contribution in [2.24, 2.45) is 33.8 Å². The molecule has 22 heteroatoms. The van der Waals surface area contributed by atoms with E-state index in [1.807, 2.05) is 6.26 Å². The number of rotatable bonds is 27. The molecule has 0 aliphatic carbocycles. The average Bonchev–Trinajstić information content (AvgIpc) is 3.63. The number of nitrogens with two attached hydrogens (primary N) is 4.